The first-order valence-corrected chi connectivity index (χ1v) is 7.86. The molecule has 1 aromatic rings. The molecule has 5 atom stereocenters. The second-order valence-corrected chi connectivity index (χ2v) is 5.69. The predicted octanol–water partition coefficient (Wildman–Crippen LogP) is 0.145. The average Bonchev–Trinajstić information content (AvgIpc) is 2.56. The van der Waals surface area contributed by atoms with Crippen LogP contribution in [0.1, 0.15) is 19.4 Å². The normalized spacial score (nSPS) is 29.0. The molecule has 0 unspecified atom stereocenters. The van der Waals surface area contributed by atoms with Gasteiger partial charge in [-0.15, -0.1) is 0 Å². The van der Waals surface area contributed by atoms with Crippen LogP contribution in [0, 0.1) is 0 Å². The van der Waals surface area contributed by atoms with Gasteiger partial charge in [-0.2, -0.15) is 0 Å². The fourth-order valence-corrected chi connectivity index (χ4v) is 2.53. The molecule has 0 aliphatic carbocycles. The van der Waals surface area contributed by atoms with Crippen molar-refractivity contribution in [1.29, 1.82) is 0 Å². The van der Waals surface area contributed by atoms with Crippen LogP contribution in [0.15, 0.2) is 30.3 Å². The highest BCUT2D eigenvalue weighted by atomic mass is 16.7. The Morgan fingerprint density at radius 3 is 2.36 bits per heavy atom. The number of ether oxygens (including phenoxy) is 4. The zero-order chi connectivity index (χ0) is 18.4. The van der Waals surface area contributed by atoms with Crippen molar-refractivity contribution in [2.24, 2.45) is 0 Å². The second-order valence-electron chi connectivity index (χ2n) is 5.69. The molecule has 1 aliphatic rings. The monoisotopic (exact) mass is 354 g/mol. The summed E-state index contributed by atoms with van der Waals surface area (Å²) in [5.41, 5.74) is 0.841. The summed E-state index contributed by atoms with van der Waals surface area (Å²) in [6, 6.07) is 9.19. The van der Waals surface area contributed by atoms with E-state index in [0.717, 1.165) is 5.56 Å². The van der Waals surface area contributed by atoms with Gasteiger partial charge in [-0.05, 0) is 5.56 Å². The van der Waals surface area contributed by atoms with E-state index in [1.165, 1.54) is 13.8 Å². The number of hydrogen-bond acceptors (Lipinski definition) is 8. The maximum Gasteiger partial charge on any atom is 0.303 e. The summed E-state index contributed by atoms with van der Waals surface area (Å²) in [6.45, 7) is 2.31. The van der Waals surface area contributed by atoms with E-state index in [4.69, 9.17) is 18.9 Å². The molecule has 1 aromatic carbocycles. The highest BCUT2D eigenvalue weighted by Crippen LogP contribution is 2.26. The molecule has 25 heavy (non-hydrogen) atoms. The molecule has 0 spiro atoms. The zero-order valence-electron chi connectivity index (χ0n) is 14.0. The molecule has 0 bridgehead atoms. The first-order valence-electron chi connectivity index (χ1n) is 7.86. The number of hydrogen-bond donors (Lipinski definition) is 2. The molecule has 8 nitrogen and oxygen atoms in total. The zero-order valence-corrected chi connectivity index (χ0v) is 14.0. The number of benzene rings is 1. The number of carbonyl (C=O) groups is 2. The van der Waals surface area contributed by atoms with Gasteiger partial charge in [0.2, 0.25) is 0 Å². The van der Waals surface area contributed by atoms with Crippen LogP contribution in [0.5, 0.6) is 0 Å². The van der Waals surface area contributed by atoms with Gasteiger partial charge in [0, 0.05) is 13.8 Å². The van der Waals surface area contributed by atoms with E-state index in [-0.39, 0.29) is 13.2 Å². The lowest BCUT2D eigenvalue weighted by atomic mass is 9.98. The summed E-state index contributed by atoms with van der Waals surface area (Å²) in [5.74, 6) is -1.16. The Bertz CT molecular complexity index is 575. The lowest BCUT2D eigenvalue weighted by Gasteiger charge is -2.41. The minimum absolute atomic E-state index is 0.132. The molecule has 1 aliphatic heterocycles. The van der Waals surface area contributed by atoms with Crippen molar-refractivity contribution in [2.75, 3.05) is 6.61 Å². The van der Waals surface area contributed by atoms with E-state index in [1.54, 1.807) is 0 Å². The van der Waals surface area contributed by atoms with Crippen LogP contribution in [-0.2, 0) is 35.1 Å². The predicted molar refractivity (Wildman–Crippen MR) is 84.1 cm³/mol. The van der Waals surface area contributed by atoms with Gasteiger partial charge in [0.1, 0.15) is 24.9 Å². The molecule has 1 saturated heterocycles. The third-order valence-electron chi connectivity index (χ3n) is 3.67. The van der Waals surface area contributed by atoms with Crippen molar-refractivity contribution in [3.63, 3.8) is 0 Å². The standard InChI is InChI=1S/C17H22O8/c1-10(18)22-9-13-15(24-11(2)19)16(14(20)17(21)25-13)23-8-12-6-4-3-5-7-12/h3-7,13-17,20-21H,8-9H2,1-2H3/t13-,14-,15+,16-,17-/m1/s1. The van der Waals surface area contributed by atoms with E-state index >= 15 is 0 Å². The van der Waals surface area contributed by atoms with E-state index in [2.05, 4.69) is 0 Å². The molecule has 2 rings (SSSR count). The van der Waals surface area contributed by atoms with Gasteiger partial charge >= 0.3 is 11.9 Å². The minimum atomic E-state index is -1.56. The fraction of sp³-hybridized carbons (Fsp3) is 0.529. The van der Waals surface area contributed by atoms with Gasteiger partial charge in [0.15, 0.2) is 12.4 Å². The van der Waals surface area contributed by atoms with Crippen LogP contribution in [0.4, 0.5) is 0 Å². The van der Waals surface area contributed by atoms with Gasteiger partial charge < -0.3 is 29.2 Å². The molecule has 0 radical (unpaired) electrons. The van der Waals surface area contributed by atoms with E-state index in [1.807, 2.05) is 30.3 Å². The fourth-order valence-electron chi connectivity index (χ4n) is 2.53. The van der Waals surface area contributed by atoms with E-state index in [9.17, 15) is 19.8 Å². The molecule has 1 fully saturated rings. The van der Waals surface area contributed by atoms with Crippen LogP contribution >= 0.6 is 0 Å². The molecule has 0 saturated carbocycles. The lowest BCUT2D eigenvalue weighted by Crippen LogP contribution is -2.60. The van der Waals surface area contributed by atoms with Crippen molar-refractivity contribution >= 4 is 11.9 Å². The Morgan fingerprint density at radius 2 is 1.76 bits per heavy atom. The number of rotatable bonds is 6. The van der Waals surface area contributed by atoms with Gasteiger partial charge in [-0.3, -0.25) is 9.59 Å². The summed E-state index contributed by atoms with van der Waals surface area (Å²) in [5, 5.41) is 20.1. The van der Waals surface area contributed by atoms with Crippen LogP contribution in [0.25, 0.3) is 0 Å². The molecule has 8 heteroatoms. The molecular weight excluding hydrogens is 332 g/mol. The molecule has 1 heterocycles. The quantitative estimate of drug-likeness (QED) is 0.694. The van der Waals surface area contributed by atoms with Gasteiger partial charge in [0.05, 0.1) is 6.61 Å². The number of aliphatic hydroxyl groups excluding tert-OH is 2. The number of esters is 2. The minimum Gasteiger partial charge on any atom is -0.463 e. The van der Waals surface area contributed by atoms with Gasteiger partial charge in [0.25, 0.3) is 0 Å². The third kappa shape index (κ3) is 5.50. The SMILES string of the molecule is CC(=O)OC[C@H]1O[C@@H](O)[C@H](O)[C@@H](OCc2ccccc2)[C@H]1OC(C)=O. The number of carbonyl (C=O) groups excluding carboxylic acids is 2. The third-order valence-corrected chi connectivity index (χ3v) is 3.67. The Kier molecular flexibility index (Phi) is 6.89. The van der Waals surface area contributed by atoms with Crippen molar-refractivity contribution in [3.8, 4) is 0 Å². The van der Waals surface area contributed by atoms with Crippen LogP contribution in [-0.4, -0.2) is 59.5 Å². The van der Waals surface area contributed by atoms with Gasteiger partial charge in [-0.25, -0.2) is 0 Å². The Labute approximate surface area is 145 Å². The molecule has 0 amide bonds. The summed E-state index contributed by atoms with van der Waals surface area (Å²) in [7, 11) is 0. The first kappa shape index (κ1) is 19.3. The van der Waals surface area contributed by atoms with Crippen LogP contribution in [0.3, 0.4) is 0 Å². The molecule has 0 aromatic heterocycles. The van der Waals surface area contributed by atoms with Crippen LogP contribution in [0.2, 0.25) is 0 Å². The second kappa shape index (κ2) is 8.91. The smallest absolute Gasteiger partial charge is 0.303 e. The van der Waals surface area contributed by atoms with E-state index < -0.39 is 42.6 Å². The first-order chi connectivity index (χ1) is 11.9. The highest BCUT2D eigenvalue weighted by Gasteiger charge is 2.48. The van der Waals surface area contributed by atoms with Crippen molar-refractivity contribution in [2.45, 2.75) is 51.2 Å². The van der Waals surface area contributed by atoms with Gasteiger partial charge in [-0.1, -0.05) is 30.3 Å². The maximum absolute atomic E-state index is 11.4. The van der Waals surface area contributed by atoms with Crippen molar-refractivity contribution < 1.29 is 38.7 Å². The Morgan fingerprint density at radius 1 is 1.08 bits per heavy atom. The largest absolute Gasteiger partial charge is 0.463 e. The summed E-state index contributed by atoms with van der Waals surface area (Å²) >= 11 is 0. The molecular formula is C17H22O8. The van der Waals surface area contributed by atoms with Crippen LogP contribution < -0.4 is 0 Å². The number of aliphatic hydroxyl groups is 2. The molecule has 138 valence electrons. The van der Waals surface area contributed by atoms with Crippen molar-refractivity contribution in [1.82, 2.24) is 0 Å². The topological polar surface area (TPSA) is 112 Å². The summed E-state index contributed by atoms with van der Waals surface area (Å²) < 4.78 is 21.0. The summed E-state index contributed by atoms with van der Waals surface area (Å²) in [6.07, 6.45) is -6.05. The lowest BCUT2D eigenvalue weighted by molar-refractivity contribution is -0.299. The highest BCUT2D eigenvalue weighted by molar-refractivity contribution is 5.66. The molecule has 2 N–H and O–H groups in total. The Balaban J connectivity index is 2.14. The summed E-state index contributed by atoms with van der Waals surface area (Å²) in [4.78, 5) is 22.4. The Hall–Kier alpha value is -2.00. The average molecular weight is 354 g/mol. The maximum atomic E-state index is 11.4. The van der Waals surface area contributed by atoms with E-state index in [0.29, 0.717) is 0 Å². The van der Waals surface area contributed by atoms with Crippen molar-refractivity contribution in [3.05, 3.63) is 35.9 Å².